The highest BCUT2D eigenvalue weighted by Crippen LogP contribution is 2.30. The van der Waals surface area contributed by atoms with Crippen LogP contribution in [-0.4, -0.2) is 37.2 Å². The van der Waals surface area contributed by atoms with E-state index >= 15 is 0 Å². The molecule has 1 aliphatic rings. The Labute approximate surface area is 133 Å². The number of hydrogen-bond acceptors (Lipinski definition) is 3. The SMILES string of the molecule is CCCCO[C@]1(C)CNCC[C@@H]1N(C(C)=O)c1ccccc1. The molecule has 2 rings (SSSR count). The monoisotopic (exact) mass is 304 g/mol. The van der Waals surface area contributed by atoms with Crippen molar-refractivity contribution in [3.05, 3.63) is 30.3 Å². The summed E-state index contributed by atoms with van der Waals surface area (Å²) in [4.78, 5) is 14.2. The summed E-state index contributed by atoms with van der Waals surface area (Å²) >= 11 is 0. The van der Waals surface area contributed by atoms with E-state index in [2.05, 4.69) is 19.2 Å². The maximum atomic E-state index is 12.3. The molecule has 122 valence electrons. The Hall–Kier alpha value is -1.39. The van der Waals surface area contributed by atoms with Gasteiger partial charge in [-0.05, 0) is 38.4 Å². The summed E-state index contributed by atoms with van der Waals surface area (Å²) in [5.41, 5.74) is 0.599. The lowest BCUT2D eigenvalue weighted by Gasteiger charge is -2.46. The fourth-order valence-corrected chi connectivity index (χ4v) is 3.17. The number of rotatable bonds is 6. The molecule has 0 bridgehead atoms. The molecule has 1 aliphatic heterocycles. The third kappa shape index (κ3) is 3.87. The van der Waals surface area contributed by atoms with Crippen molar-refractivity contribution in [2.45, 2.75) is 51.7 Å². The zero-order chi connectivity index (χ0) is 16.0. The van der Waals surface area contributed by atoms with Crippen molar-refractivity contribution in [1.29, 1.82) is 0 Å². The molecule has 22 heavy (non-hydrogen) atoms. The molecule has 0 aromatic heterocycles. The summed E-state index contributed by atoms with van der Waals surface area (Å²) < 4.78 is 6.22. The predicted octanol–water partition coefficient (Wildman–Crippen LogP) is 2.98. The number of carbonyl (C=O) groups excluding carboxylic acids is 1. The predicted molar refractivity (Wildman–Crippen MR) is 90.1 cm³/mol. The minimum absolute atomic E-state index is 0.0607. The Bertz CT molecular complexity index is 477. The molecule has 4 nitrogen and oxygen atoms in total. The molecule has 1 heterocycles. The fraction of sp³-hybridized carbons (Fsp3) is 0.611. The standard InChI is InChI=1S/C18H28N2O2/c1-4-5-13-22-18(3)14-19-12-11-17(18)20(15(2)21)16-9-7-6-8-10-16/h6-10,17,19H,4-5,11-14H2,1-3H3/t17-,18+/m0/s1. The van der Waals surface area contributed by atoms with Gasteiger partial charge in [-0.15, -0.1) is 0 Å². The van der Waals surface area contributed by atoms with Gasteiger partial charge in [0.2, 0.25) is 5.91 Å². The molecule has 0 radical (unpaired) electrons. The van der Waals surface area contributed by atoms with Crippen molar-refractivity contribution >= 4 is 11.6 Å². The van der Waals surface area contributed by atoms with Crippen LogP contribution >= 0.6 is 0 Å². The van der Waals surface area contributed by atoms with Crippen molar-refractivity contribution in [2.24, 2.45) is 0 Å². The smallest absolute Gasteiger partial charge is 0.224 e. The van der Waals surface area contributed by atoms with Gasteiger partial charge in [0.05, 0.1) is 11.6 Å². The minimum atomic E-state index is -0.352. The second-order valence-electron chi connectivity index (χ2n) is 6.22. The molecule has 0 aliphatic carbocycles. The minimum Gasteiger partial charge on any atom is -0.372 e. The molecule has 1 N–H and O–H groups in total. The van der Waals surface area contributed by atoms with E-state index in [4.69, 9.17) is 4.74 Å². The van der Waals surface area contributed by atoms with E-state index in [0.29, 0.717) is 0 Å². The van der Waals surface area contributed by atoms with Crippen LogP contribution in [0.4, 0.5) is 5.69 Å². The van der Waals surface area contributed by atoms with Gasteiger partial charge in [-0.3, -0.25) is 4.79 Å². The second-order valence-corrected chi connectivity index (χ2v) is 6.22. The molecule has 4 heteroatoms. The fourth-order valence-electron chi connectivity index (χ4n) is 3.17. The molecule has 1 aromatic carbocycles. The van der Waals surface area contributed by atoms with Crippen LogP contribution in [0.2, 0.25) is 0 Å². The number of anilines is 1. The van der Waals surface area contributed by atoms with E-state index < -0.39 is 0 Å². The number of para-hydroxylation sites is 1. The maximum absolute atomic E-state index is 12.3. The Morgan fingerprint density at radius 2 is 2.14 bits per heavy atom. The molecule has 2 atom stereocenters. The summed E-state index contributed by atoms with van der Waals surface area (Å²) in [7, 11) is 0. The zero-order valence-electron chi connectivity index (χ0n) is 14.0. The van der Waals surface area contributed by atoms with Crippen molar-refractivity contribution in [2.75, 3.05) is 24.6 Å². The third-order valence-corrected chi connectivity index (χ3v) is 4.39. The normalized spacial score (nSPS) is 25.0. The van der Waals surface area contributed by atoms with Gasteiger partial charge in [-0.2, -0.15) is 0 Å². The number of nitrogens with one attached hydrogen (secondary N) is 1. The molecular formula is C18H28N2O2. The van der Waals surface area contributed by atoms with Crippen LogP contribution in [0, 0.1) is 0 Å². The molecule has 0 unspecified atom stereocenters. The average molecular weight is 304 g/mol. The van der Waals surface area contributed by atoms with Gasteiger partial charge in [0.15, 0.2) is 0 Å². The van der Waals surface area contributed by atoms with Gasteiger partial charge in [-0.1, -0.05) is 31.5 Å². The van der Waals surface area contributed by atoms with Crippen LogP contribution in [0.5, 0.6) is 0 Å². The maximum Gasteiger partial charge on any atom is 0.224 e. The summed E-state index contributed by atoms with van der Waals surface area (Å²) in [5, 5.41) is 3.41. The Morgan fingerprint density at radius 1 is 1.41 bits per heavy atom. The van der Waals surface area contributed by atoms with Crippen molar-refractivity contribution in [3.8, 4) is 0 Å². The van der Waals surface area contributed by atoms with Gasteiger partial charge in [0.25, 0.3) is 0 Å². The van der Waals surface area contributed by atoms with Crippen molar-refractivity contribution in [3.63, 3.8) is 0 Å². The molecule has 1 amide bonds. The molecular weight excluding hydrogens is 276 g/mol. The van der Waals surface area contributed by atoms with E-state index in [1.54, 1.807) is 6.92 Å². The zero-order valence-corrected chi connectivity index (χ0v) is 14.0. The van der Waals surface area contributed by atoms with Crippen molar-refractivity contribution in [1.82, 2.24) is 5.32 Å². The highest BCUT2D eigenvalue weighted by atomic mass is 16.5. The second kappa shape index (κ2) is 7.75. The van der Waals surface area contributed by atoms with Crippen LogP contribution in [0.1, 0.15) is 40.0 Å². The Morgan fingerprint density at radius 3 is 2.77 bits per heavy atom. The molecule has 0 spiro atoms. The number of benzene rings is 1. The third-order valence-electron chi connectivity index (χ3n) is 4.39. The van der Waals surface area contributed by atoms with E-state index in [9.17, 15) is 4.79 Å². The largest absolute Gasteiger partial charge is 0.372 e. The van der Waals surface area contributed by atoms with Gasteiger partial charge >= 0.3 is 0 Å². The Kier molecular flexibility index (Phi) is 5.98. The van der Waals surface area contributed by atoms with Crippen LogP contribution < -0.4 is 10.2 Å². The Balaban J connectivity index is 2.25. The van der Waals surface area contributed by atoms with Crippen LogP contribution in [-0.2, 0) is 9.53 Å². The highest BCUT2D eigenvalue weighted by molar-refractivity contribution is 5.92. The summed E-state index contributed by atoms with van der Waals surface area (Å²) in [5.74, 6) is 0.0726. The van der Waals surface area contributed by atoms with Crippen molar-refractivity contribution < 1.29 is 9.53 Å². The number of amides is 1. The topological polar surface area (TPSA) is 41.6 Å². The lowest BCUT2D eigenvalue weighted by Crippen LogP contribution is -2.62. The van der Waals surface area contributed by atoms with E-state index in [1.165, 1.54) is 0 Å². The quantitative estimate of drug-likeness (QED) is 0.822. The van der Waals surface area contributed by atoms with E-state index in [0.717, 1.165) is 44.6 Å². The molecule has 1 fully saturated rings. The molecule has 1 aromatic rings. The highest BCUT2D eigenvalue weighted by Gasteiger charge is 2.42. The molecule has 1 saturated heterocycles. The number of piperidine rings is 1. The first-order valence-corrected chi connectivity index (χ1v) is 8.28. The summed E-state index contributed by atoms with van der Waals surface area (Å²) in [6.07, 6.45) is 3.06. The van der Waals surface area contributed by atoms with Gasteiger partial charge in [0.1, 0.15) is 0 Å². The average Bonchev–Trinajstić information content (AvgIpc) is 2.51. The van der Waals surface area contributed by atoms with Gasteiger partial charge in [-0.25, -0.2) is 0 Å². The van der Waals surface area contributed by atoms with Gasteiger partial charge < -0.3 is 15.0 Å². The van der Waals surface area contributed by atoms with Gasteiger partial charge in [0, 0.05) is 25.8 Å². The van der Waals surface area contributed by atoms with Crippen LogP contribution in [0.3, 0.4) is 0 Å². The first kappa shape index (κ1) is 17.0. The summed E-state index contributed by atoms with van der Waals surface area (Å²) in [6.45, 7) is 8.35. The van der Waals surface area contributed by atoms with Crippen LogP contribution in [0.25, 0.3) is 0 Å². The number of carbonyl (C=O) groups is 1. The first-order chi connectivity index (χ1) is 10.6. The number of ether oxygens (including phenoxy) is 1. The lowest BCUT2D eigenvalue weighted by atomic mass is 9.88. The van der Waals surface area contributed by atoms with E-state index in [-0.39, 0.29) is 17.6 Å². The molecule has 0 saturated carbocycles. The lowest BCUT2D eigenvalue weighted by molar-refractivity contribution is -0.120. The summed E-state index contributed by atoms with van der Waals surface area (Å²) in [6, 6.07) is 9.97. The number of hydrogen-bond donors (Lipinski definition) is 1. The van der Waals surface area contributed by atoms with Crippen LogP contribution in [0.15, 0.2) is 30.3 Å². The first-order valence-electron chi connectivity index (χ1n) is 8.28. The van der Waals surface area contributed by atoms with E-state index in [1.807, 2.05) is 35.2 Å². The number of unbranched alkanes of at least 4 members (excludes halogenated alkanes) is 1. The number of nitrogens with zero attached hydrogens (tertiary/aromatic N) is 1.